The molecule has 388 valence electrons. The number of aromatic amines is 3. The summed E-state index contributed by atoms with van der Waals surface area (Å²) in [4.78, 5) is 26.4. The summed E-state index contributed by atoms with van der Waals surface area (Å²) in [6.45, 7) is 3.27. The number of aromatic nitrogens is 6. The van der Waals surface area contributed by atoms with Crippen molar-refractivity contribution in [2.45, 2.75) is 24.5 Å². The smallest absolute Gasteiger partial charge is 0.296 e. The second-order valence-corrected chi connectivity index (χ2v) is 22.5. The van der Waals surface area contributed by atoms with Crippen LogP contribution in [0.5, 0.6) is 5.75 Å². The Morgan fingerprint density at radius 3 is 1.69 bits per heavy atom. The number of anilines is 3. The molecule has 2 aromatic heterocycles. The van der Waals surface area contributed by atoms with Gasteiger partial charge in [0.05, 0.1) is 27.3 Å². The third-order valence-electron chi connectivity index (χ3n) is 9.40. The molecular weight excluding hydrogens is 1140 g/mol. The highest BCUT2D eigenvalue weighted by Crippen LogP contribution is 2.49. The molecule has 5 aromatic carbocycles. The van der Waals surface area contributed by atoms with E-state index >= 15 is 0 Å². The zero-order chi connectivity index (χ0) is 55.0. The molecule has 11 N–H and O–H groups in total. The van der Waals surface area contributed by atoms with Gasteiger partial charge in [-0.05, 0) is 101 Å². The fourth-order valence-corrected chi connectivity index (χ4v) is 9.85. The van der Waals surface area contributed by atoms with Crippen LogP contribution in [0, 0.1) is 11.5 Å². The lowest BCUT2D eigenvalue weighted by atomic mass is 10.1. The molecule has 7 aromatic rings. The van der Waals surface area contributed by atoms with Crippen molar-refractivity contribution in [3.63, 3.8) is 0 Å². The minimum absolute atomic E-state index is 0.0640. The van der Waals surface area contributed by atoms with E-state index in [1.54, 1.807) is 0 Å². The standard InChI is InChI=1S/C37H26Cl2N16O15S5/c1-2-71(57,58)20-7-3-17(4-8-20)43-35-48-33(39)49-37(51-35)45-19-6-9-23(72(59,60)61)21(13-19)52-54-29-25(74(65,66)67)11-16-12-26(75(68,69)70)30(31(56)27(16)28(29)41)55-53-22-14-18(5-10-24(22)73(62,63)64)44-36-47-32(38)46-34(50-36)42-15-40/h2-14,56H,1,41H2,(H,59,60,61)(H,62,63,64)(H,65,66,67)(H,68,69,70)(H2,42,44,46,47,50)(H2,43,45,48,49,51). The average Bonchev–Trinajstić information content (AvgIpc) is 3.29. The number of hydrogen-bond acceptors (Lipinski definition) is 24. The second-order valence-electron chi connectivity index (χ2n) is 14.3. The van der Waals surface area contributed by atoms with Gasteiger partial charge in [-0.3, -0.25) is 28.2 Å². The third-order valence-corrected chi connectivity index (χ3v) is 14.7. The van der Waals surface area contributed by atoms with Gasteiger partial charge >= 0.3 is 0 Å². The number of nitrogens with one attached hydrogen (secondary N) is 4. The van der Waals surface area contributed by atoms with E-state index in [1.165, 1.54) is 30.5 Å². The van der Waals surface area contributed by atoms with Gasteiger partial charge in [0, 0.05) is 11.1 Å². The van der Waals surface area contributed by atoms with Crippen LogP contribution in [-0.2, 0) is 50.3 Å². The van der Waals surface area contributed by atoms with E-state index < -0.39 is 115 Å². The molecule has 0 aliphatic rings. The van der Waals surface area contributed by atoms with Gasteiger partial charge in [-0.25, -0.2) is 18.4 Å². The first kappa shape index (κ1) is 54.6. The van der Waals surface area contributed by atoms with Crippen molar-refractivity contribution >= 4 is 136 Å². The van der Waals surface area contributed by atoms with Gasteiger partial charge in [0.2, 0.25) is 39.6 Å². The summed E-state index contributed by atoms with van der Waals surface area (Å²) < 4.78 is 166. The van der Waals surface area contributed by atoms with Gasteiger partial charge in [-0.2, -0.15) is 53.9 Å². The molecule has 31 nitrogen and oxygen atoms in total. The van der Waals surface area contributed by atoms with Gasteiger partial charge in [-0.15, -0.1) is 25.4 Å². The fraction of sp³-hybridized carbons (Fsp3) is 0. The number of rotatable bonds is 14. The number of nitrogen functional groups attached to an aromatic ring is 1. The molecule has 7 rings (SSSR count). The number of fused-ring (bicyclic) bond motifs is 1. The minimum atomic E-state index is -5.53. The van der Waals surface area contributed by atoms with Crippen LogP contribution in [0.2, 0.25) is 10.6 Å². The van der Waals surface area contributed by atoms with Crippen molar-refractivity contribution in [3.8, 4) is 11.9 Å². The highest BCUT2D eigenvalue weighted by molar-refractivity contribution is 7.94. The lowest BCUT2D eigenvalue weighted by Gasteiger charge is -2.14. The molecule has 0 saturated heterocycles. The molecule has 0 aliphatic heterocycles. The van der Waals surface area contributed by atoms with Crippen LogP contribution in [-0.4, -0.2) is 95.3 Å². The number of aromatic hydroxyl groups is 1. The van der Waals surface area contributed by atoms with Gasteiger partial charge in [0.25, 0.3) is 40.5 Å². The van der Waals surface area contributed by atoms with Crippen molar-refractivity contribution in [3.05, 3.63) is 112 Å². The summed E-state index contributed by atoms with van der Waals surface area (Å²) in [5.74, 6) is -1.53. The van der Waals surface area contributed by atoms with Crippen LogP contribution in [0.15, 0.2) is 145 Å². The molecule has 38 heteroatoms. The van der Waals surface area contributed by atoms with Crippen LogP contribution in [0.1, 0.15) is 0 Å². The Morgan fingerprint density at radius 1 is 0.640 bits per heavy atom. The maximum atomic E-state index is 12.8. The van der Waals surface area contributed by atoms with Crippen LogP contribution >= 0.6 is 23.2 Å². The largest absolute Gasteiger partial charge is 0.505 e. The van der Waals surface area contributed by atoms with Crippen molar-refractivity contribution < 1.29 is 65.4 Å². The summed E-state index contributed by atoms with van der Waals surface area (Å²) in [7, 11) is -25.2. The van der Waals surface area contributed by atoms with Crippen LogP contribution < -0.4 is 27.9 Å². The van der Waals surface area contributed by atoms with Crippen LogP contribution in [0.4, 0.5) is 51.4 Å². The number of nitrogens with two attached hydrogens (primary N) is 1. The van der Waals surface area contributed by atoms with Gasteiger partial charge < -0.3 is 21.1 Å². The quantitative estimate of drug-likeness (QED) is 0.0299. The Balaban J connectivity index is 1.36. The first-order valence-electron chi connectivity index (χ1n) is 19.4. The molecule has 0 unspecified atom stereocenters. The van der Waals surface area contributed by atoms with E-state index in [0.29, 0.717) is 12.1 Å². The average molecular weight is 1170 g/mol. The molecule has 0 saturated carbocycles. The monoisotopic (exact) mass is 1160 g/mol. The number of halogens is 2. The van der Waals surface area contributed by atoms with E-state index in [9.17, 15) is 65.4 Å². The number of azo groups is 2. The predicted molar refractivity (Wildman–Crippen MR) is 259 cm³/mol. The molecule has 0 radical (unpaired) electrons. The highest BCUT2D eigenvalue weighted by Gasteiger charge is 2.29. The number of nitriles is 1. The molecule has 0 fully saturated rings. The minimum Gasteiger partial charge on any atom is -0.505 e. The Hall–Kier alpha value is -8.22. The Morgan fingerprint density at radius 2 is 1.16 bits per heavy atom. The SMILES string of the molecule is C=CS(=O)(=O)c1ccc(Nc2nc(Cl)[nH]c(=Nc3ccc(S(=O)(=O)O)c(N=Nc4c(S(=O)(=O)O)cc5cc(S(=O)(=O)O)c(N=Nc6cc(N=c7[nH]c(Cl)nc(=NC#N)[nH]7)ccc6S(=O)(=O)O)c(O)c5c4N)c3)n2)cc1. The molecule has 0 aliphatic carbocycles. The number of benzene rings is 5. The lowest BCUT2D eigenvalue weighted by Crippen LogP contribution is -2.26. The lowest BCUT2D eigenvalue weighted by molar-refractivity contribution is 0.472. The van der Waals surface area contributed by atoms with Gasteiger partial charge in [0.1, 0.15) is 42.3 Å². The van der Waals surface area contributed by atoms with Gasteiger partial charge in [0.15, 0.2) is 15.6 Å². The first-order chi connectivity index (χ1) is 34.9. The van der Waals surface area contributed by atoms with Crippen molar-refractivity contribution in [2.24, 2.45) is 35.4 Å². The normalized spacial score (nSPS) is 13.5. The zero-order valence-corrected chi connectivity index (χ0v) is 41.9. The fourth-order valence-electron chi connectivity index (χ4n) is 6.28. The Kier molecular flexibility index (Phi) is 15.0. The number of hydrogen-bond donors (Lipinski definition) is 10. The topological polar surface area (TPSA) is 506 Å². The predicted octanol–water partition coefficient (Wildman–Crippen LogP) is 4.93. The maximum Gasteiger partial charge on any atom is 0.296 e. The van der Waals surface area contributed by atoms with Crippen molar-refractivity contribution in [2.75, 3.05) is 11.1 Å². The summed E-state index contributed by atoms with van der Waals surface area (Å²) >= 11 is 12.1. The number of phenols is 1. The molecule has 0 spiro atoms. The summed E-state index contributed by atoms with van der Waals surface area (Å²) in [6.07, 6.45) is 1.46. The highest BCUT2D eigenvalue weighted by atomic mass is 35.5. The maximum absolute atomic E-state index is 12.8. The van der Waals surface area contributed by atoms with Crippen molar-refractivity contribution in [1.82, 2.24) is 29.9 Å². The molecular formula is C37H26Cl2N16O15S5. The second kappa shape index (κ2) is 20.6. The molecule has 2 heterocycles. The van der Waals surface area contributed by atoms with E-state index in [1.807, 2.05) is 0 Å². The van der Waals surface area contributed by atoms with Crippen LogP contribution in [0.3, 0.4) is 0 Å². The van der Waals surface area contributed by atoms with E-state index in [2.05, 4.69) is 77.2 Å². The Bertz CT molecular complexity index is 4510. The van der Waals surface area contributed by atoms with E-state index in [0.717, 1.165) is 41.8 Å². The molecule has 0 atom stereocenters. The van der Waals surface area contributed by atoms with Crippen LogP contribution in [0.25, 0.3) is 10.8 Å². The molecule has 0 bridgehead atoms. The summed E-state index contributed by atoms with van der Waals surface area (Å²) in [5, 5.41) is 36.7. The van der Waals surface area contributed by atoms with Gasteiger partial charge in [-0.1, -0.05) is 6.58 Å². The molecule has 0 amide bonds. The third kappa shape index (κ3) is 12.6. The van der Waals surface area contributed by atoms with Crippen molar-refractivity contribution in [1.29, 1.82) is 5.26 Å². The van der Waals surface area contributed by atoms with E-state index in [4.69, 9.17) is 34.2 Å². The number of H-pyrrole nitrogens is 3. The van der Waals surface area contributed by atoms with E-state index in [-0.39, 0.29) is 55.3 Å². The number of sulfone groups is 1. The molecule has 75 heavy (non-hydrogen) atoms. The first-order valence-corrected chi connectivity index (χ1v) is 27.4. The summed E-state index contributed by atoms with van der Waals surface area (Å²) in [6, 6.07) is 11.6. The number of phenolic OH excluding ortho intramolecular Hbond substituents is 1. The zero-order valence-electron chi connectivity index (χ0n) is 36.3. The number of nitrogens with zero attached hydrogens (tertiary/aromatic N) is 11. The Labute approximate surface area is 429 Å². The summed E-state index contributed by atoms with van der Waals surface area (Å²) in [5.41, 5.74) is 0.450.